The van der Waals surface area contributed by atoms with Gasteiger partial charge >= 0.3 is 0 Å². The Labute approximate surface area is 160 Å². The maximum absolute atomic E-state index is 12.6. The van der Waals surface area contributed by atoms with Crippen LogP contribution in [-0.2, 0) is 14.8 Å². The van der Waals surface area contributed by atoms with Crippen LogP contribution in [0.3, 0.4) is 0 Å². The summed E-state index contributed by atoms with van der Waals surface area (Å²) in [4.78, 5) is 12.5. The molecule has 4 N–H and O–H groups in total. The Morgan fingerprint density at radius 2 is 2.15 bits per heavy atom. The zero-order valence-corrected chi connectivity index (χ0v) is 16.6. The maximum Gasteiger partial charge on any atom is 0.212 e. The molecule has 7 nitrogen and oxygen atoms in total. The van der Waals surface area contributed by atoms with Crippen LogP contribution in [0, 0.1) is 22.2 Å². The van der Waals surface area contributed by atoms with Crippen molar-refractivity contribution in [1.29, 1.82) is 5.41 Å². The fourth-order valence-corrected chi connectivity index (χ4v) is 6.43. The molecular weight excluding hydrogens is 366 g/mol. The van der Waals surface area contributed by atoms with Crippen molar-refractivity contribution in [3.8, 4) is 5.75 Å². The average molecular weight is 394 g/mol. The number of amidine groups is 1. The Balaban J connectivity index is 1.56. The van der Waals surface area contributed by atoms with E-state index in [9.17, 15) is 13.2 Å². The number of nitrogens with one attached hydrogen (secondary N) is 2. The lowest BCUT2D eigenvalue weighted by Crippen LogP contribution is -2.45. The highest BCUT2D eigenvalue weighted by molar-refractivity contribution is 7.89. The third-order valence-corrected chi connectivity index (χ3v) is 7.93. The fraction of sp³-hybridized carbons (Fsp3) is 0.579. The van der Waals surface area contributed by atoms with E-state index in [1.54, 1.807) is 24.3 Å². The van der Waals surface area contributed by atoms with Gasteiger partial charge in [0, 0.05) is 23.9 Å². The van der Waals surface area contributed by atoms with E-state index in [4.69, 9.17) is 15.9 Å². The normalized spacial score (nSPS) is 26.3. The number of sulfonamides is 1. The van der Waals surface area contributed by atoms with Gasteiger partial charge in [-0.05, 0) is 36.3 Å². The van der Waals surface area contributed by atoms with Gasteiger partial charge in [0.2, 0.25) is 10.0 Å². The molecule has 0 saturated heterocycles. The molecule has 27 heavy (non-hydrogen) atoms. The topological polar surface area (TPSA) is 122 Å². The van der Waals surface area contributed by atoms with E-state index in [1.165, 1.54) is 0 Å². The van der Waals surface area contributed by atoms with Crippen LogP contribution in [0.15, 0.2) is 24.3 Å². The molecule has 0 radical (unpaired) electrons. The smallest absolute Gasteiger partial charge is 0.212 e. The van der Waals surface area contributed by atoms with E-state index >= 15 is 0 Å². The predicted molar refractivity (Wildman–Crippen MR) is 103 cm³/mol. The lowest BCUT2D eigenvalue weighted by Gasteiger charge is -2.36. The van der Waals surface area contributed by atoms with Crippen molar-refractivity contribution in [3.63, 3.8) is 0 Å². The Morgan fingerprint density at radius 1 is 1.41 bits per heavy atom. The molecule has 2 aliphatic rings. The van der Waals surface area contributed by atoms with Gasteiger partial charge in [-0.3, -0.25) is 10.2 Å². The molecule has 2 aliphatic carbocycles. The predicted octanol–water partition coefficient (Wildman–Crippen LogP) is 1.66. The summed E-state index contributed by atoms with van der Waals surface area (Å²) in [5.74, 6) is 0.691. The summed E-state index contributed by atoms with van der Waals surface area (Å²) < 4.78 is 33.3. The molecule has 2 fully saturated rings. The highest BCUT2D eigenvalue weighted by Crippen LogP contribution is 2.64. The summed E-state index contributed by atoms with van der Waals surface area (Å²) in [5.41, 5.74) is 4.95. The molecule has 1 unspecified atom stereocenters. The first-order chi connectivity index (χ1) is 12.6. The standard InChI is InChI=1S/C19H27N3O4S/c1-18(2)14-6-7-19(18,16(23)11-14)12-27(24,25)22-8-9-26-15-5-3-4-13(10-15)17(20)21/h3-5,10,14,22H,6-9,11-12H2,1-2H3,(H3,20,21)/t14?,19-/m0/s1. The zero-order valence-electron chi connectivity index (χ0n) is 15.7. The van der Waals surface area contributed by atoms with E-state index in [2.05, 4.69) is 4.72 Å². The second-order valence-electron chi connectivity index (χ2n) is 8.11. The van der Waals surface area contributed by atoms with Gasteiger partial charge < -0.3 is 10.5 Å². The van der Waals surface area contributed by atoms with Gasteiger partial charge in [0.15, 0.2) is 0 Å². The van der Waals surface area contributed by atoms with E-state index in [0.717, 1.165) is 6.42 Å². The van der Waals surface area contributed by atoms with Crippen LogP contribution >= 0.6 is 0 Å². The van der Waals surface area contributed by atoms with Gasteiger partial charge in [-0.15, -0.1) is 0 Å². The molecule has 1 aromatic rings. The number of nitrogen functional groups attached to an aromatic ring is 1. The van der Waals surface area contributed by atoms with Crippen LogP contribution in [0.2, 0.25) is 0 Å². The lowest BCUT2D eigenvalue weighted by atomic mass is 9.70. The first-order valence-electron chi connectivity index (χ1n) is 9.15. The van der Waals surface area contributed by atoms with Crippen molar-refractivity contribution in [3.05, 3.63) is 29.8 Å². The first-order valence-corrected chi connectivity index (χ1v) is 10.8. The second kappa shape index (κ2) is 6.91. The number of hydrogen-bond donors (Lipinski definition) is 3. The van der Waals surface area contributed by atoms with Gasteiger partial charge in [0.1, 0.15) is 24.0 Å². The summed E-state index contributed by atoms with van der Waals surface area (Å²) in [6.45, 7) is 4.31. The summed E-state index contributed by atoms with van der Waals surface area (Å²) >= 11 is 0. The number of benzene rings is 1. The molecule has 2 atom stereocenters. The lowest BCUT2D eigenvalue weighted by molar-refractivity contribution is -0.128. The highest BCUT2D eigenvalue weighted by Gasteiger charge is 2.65. The van der Waals surface area contributed by atoms with E-state index < -0.39 is 15.4 Å². The monoisotopic (exact) mass is 393 g/mol. The second-order valence-corrected chi connectivity index (χ2v) is 9.92. The molecule has 0 spiro atoms. The number of Topliss-reactive ketones (excluding diaryl/α,β-unsaturated/α-hetero) is 1. The maximum atomic E-state index is 12.6. The Morgan fingerprint density at radius 3 is 2.74 bits per heavy atom. The number of ketones is 1. The third kappa shape index (κ3) is 3.60. The zero-order chi connectivity index (χ0) is 19.9. The summed E-state index contributed by atoms with van der Waals surface area (Å²) in [6.07, 6.45) is 2.07. The molecule has 0 aromatic heterocycles. The minimum absolute atomic E-state index is 0.0564. The number of hydrogen-bond acceptors (Lipinski definition) is 5. The molecule has 148 valence electrons. The molecule has 1 aromatic carbocycles. The first kappa shape index (κ1) is 19.8. The minimum Gasteiger partial charge on any atom is -0.492 e. The summed E-state index contributed by atoms with van der Waals surface area (Å²) in [6, 6.07) is 6.78. The fourth-order valence-electron chi connectivity index (χ4n) is 4.60. The number of rotatable bonds is 8. The number of ether oxygens (including phenoxy) is 1. The SMILES string of the molecule is CC1(C)C2CC[C@]1(CS(=O)(=O)NCCOc1cccc(C(=N)N)c1)C(=O)C2. The minimum atomic E-state index is -3.59. The molecule has 0 aliphatic heterocycles. The van der Waals surface area contributed by atoms with E-state index in [1.807, 2.05) is 13.8 Å². The van der Waals surface area contributed by atoms with Crippen molar-refractivity contribution in [2.75, 3.05) is 18.9 Å². The van der Waals surface area contributed by atoms with Crippen LogP contribution < -0.4 is 15.2 Å². The Kier molecular flexibility index (Phi) is 5.07. The molecule has 0 amide bonds. The molecular formula is C19H27N3O4S. The number of nitrogens with two attached hydrogens (primary N) is 1. The van der Waals surface area contributed by atoms with Gasteiger partial charge in [-0.1, -0.05) is 26.0 Å². The number of carbonyl (C=O) groups is 1. The van der Waals surface area contributed by atoms with E-state index in [-0.39, 0.29) is 41.9 Å². The van der Waals surface area contributed by atoms with Crippen LogP contribution in [0.4, 0.5) is 0 Å². The van der Waals surface area contributed by atoms with Gasteiger partial charge in [-0.2, -0.15) is 0 Å². The molecule has 8 heteroatoms. The molecule has 2 saturated carbocycles. The van der Waals surface area contributed by atoms with Crippen molar-refractivity contribution in [1.82, 2.24) is 4.72 Å². The number of carbonyl (C=O) groups excluding carboxylic acids is 1. The quantitative estimate of drug-likeness (QED) is 0.352. The van der Waals surface area contributed by atoms with Crippen LogP contribution in [-0.4, -0.2) is 38.9 Å². The third-order valence-electron chi connectivity index (χ3n) is 6.41. The average Bonchev–Trinajstić information content (AvgIpc) is 2.93. The van der Waals surface area contributed by atoms with Crippen molar-refractivity contribution in [2.45, 2.75) is 33.1 Å². The van der Waals surface area contributed by atoms with Gasteiger partial charge in [0.25, 0.3) is 0 Å². The summed E-state index contributed by atoms with van der Waals surface area (Å²) in [5, 5.41) is 7.43. The Hall–Kier alpha value is -1.93. The molecule has 0 heterocycles. The van der Waals surface area contributed by atoms with Gasteiger partial charge in [0.05, 0.1) is 5.75 Å². The van der Waals surface area contributed by atoms with Crippen molar-refractivity contribution < 1.29 is 17.9 Å². The van der Waals surface area contributed by atoms with Crippen molar-refractivity contribution >= 4 is 21.6 Å². The van der Waals surface area contributed by atoms with Gasteiger partial charge in [-0.25, -0.2) is 13.1 Å². The van der Waals surface area contributed by atoms with Crippen LogP contribution in [0.5, 0.6) is 5.75 Å². The van der Waals surface area contributed by atoms with E-state index in [0.29, 0.717) is 24.2 Å². The Bertz CT molecular complexity index is 865. The van der Waals surface area contributed by atoms with Crippen molar-refractivity contribution in [2.24, 2.45) is 22.5 Å². The highest BCUT2D eigenvalue weighted by atomic mass is 32.2. The molecule has 3 rings (SSSR count). The molecule has 2 bridgehead atoms. The largest absolute Gasteiger partial charge is 0.492 e. The number of fused-ring (bicyclic) bond motifs is 2. The summed E-state index contributed by atoms with van der Waals surface area (Å²) in [7, 11) is -3.59. The van der Waals surface area contributed by atoms with Crippen LogP contribution in [0.1, 0.15) is 38.7 Å². The van der Waals surface area contributed by atoms with Crippen LogP contribution in [0.25, 0.3) is 0 Å².